The van der Waals surface area contributed by atoms with Gasteiger partial charge in [-0.3, -0.25) is 10.1 Å². The molecule has 1 aromatic rings. The lowest BCUT2D eigenvalue weighted by Gasteiger charge is -2.33. The summed E-state index contributed by atoms with van der Waals surface area (Å²) in [6, 6.07) is 1.03. The highest BCUT2D eigenvalue weighted by Gasteiger charge is 2.35. The molecule has 0 bridgehead atoms. The lowest BCUT2D eigenvalue weighted by molar-refractivity contribution is -0.383. The first-order valence-corrected chi connectivity index (χ1v) is 8.07. The van der Waals surface area contributed by atoms with Crippen LogP contribution < -0.4 is 11.3 Å². The first kappa shape index (κ1) is 16.8. The molecular weight excluding hydrogens is 304 g/mol. The molecule has 3 N–H and O–H groups in total. The standard InChI is InChI=1S/C10H18N4O4S2/c1-5-10(2,3)13(4)20(17,18)8-6-7(14(15)16)9(12-11)19-8/h6,12H,5,11H2,1-4H3. The highest BCUT2D eigenvalue weighted by atomic mass is 32.2. The van der Waals surface area contributed by atoms with Crippen LogP contribution >= 0.6 is 11.3 Å². The van der Waals surface area contributed by atoms with Crippen molar-refractivity contribution in [2.45, 2.75) is 36.9 Å². The highest BCUT2D eigenvalue weighted by molar-refractivity contribution is 7.91. The average molecular weight is 322 g/mol. The number of nitro groups is 1. The van der Waals surface area contributed by atoms with Gasteiger partial charge in [-0.15, -0.1) is 0 Å². The number of thiophene rings is 1. The first-order valence-electron chi connectivity index (χ1n) is 5.81. The Morgan fingerprint density at radius 2 is 2.10 bits per heavy atom. The SMILES string of the molecule is CCC(C)(C)N(C)S(=O)(=O)c1cc([N+](=O)[O-])c(NN)s1. The minimum absolute atomic E-state index is 0.0104. The maximum atomic E-state index is 12.5. The third-order valence-corrected chi connectivity index (χ3v) is 6.92. The lowest BCUT2D eigenvalue weighted by atomic mass is 10.0. The van der Waals surface area contributed by atoms with Crippen molar-refractivity contribution in [3.05, 3.63) is 16.2 Å². The number of anilines is 1. The molecule has 0 aromatic carbocycles. The second-order valence-electron chi connectivity index (χ2n) is 4.82. The number of sulfonamides is 1. The average Bonchev–Trinajstić information content (AvgIpc) is 2.82. The van der Waals surface area contributed by atoms with Crippen LogP contribution in [-0.2, 0) is 10.0 Å². The van der Waals surface area contributed by atoms with Crippen LogP contribution in [0.5, 0.6) is 0 Å². The Balaban J connectivity index is 3.33. The van der Waals surface area contributed by atoms with Crippen molar-refractivity contribution >= 4 is 32.0 Å². The maximum Gasteiger partial charge on any atom is 0.306 e. The highest BCUT2D eigenvalue weighted by Crippen LogP contribution is 2.38. The molecule has 0 unspecified atom stereocenters. The Labute approximate surface area is 121 Å². The first-order chi connectivity index (χ1) is 9.07. The smallest absolute Gasteiger partial charge is 0.306 e. The van der Waals surface area contributed by atoms with E-state index in [0.717, 1.165) is 17.4 Å². The fraction of sp³-hybridized carbons (Fsp3) is 0.600. The fourth-order valence-electron chi connectivity index (χ4n) is 1.41. The summed E-state index contributed by atoms with van der Waals surface area (Å²) in [7, 11) is -2.34. The Bertz CT molecular complexity index is 609. The molecule has 0 aliphatic heterocycles. The van der Waals surface area contributed by atoms with Gasteiger partial charge in [0.05, 0.1) is 4.92 Å². The van der Waals surface area contributed by atoms with E-state index in [1.165, 1.54) is 11.4 Å². The molecule has 0 saturated heterocycles. The number of nitrogens with zero attached hydrogens (tertiary/aromatic N) is 2. The number of hydrogen-bond donors (Lipinski definition) is 2. The molecule has 0 aliphatic carbocycles. The van der Waals surface area contributed by atoms with Gasteiger partial charge in [-0.2, -0.15) is 4.31 Å². The maximum absolute atomic E-state index is 12.5. The van der Waals surface area contributed by atoms with E-state index in [0.29, 0.717) is 6.42 Å². The van der Waals surface area contributed by atoms with Gasteiger partial charge >= 0.3 is 5.69 Å². The predicted octanol–water partition coefficient (Wildman–Crippen LogP) is 1.75. The summed E-state index contributed by atoms with van der Waals surface area (Å²) < 4.78 is 26.1. The number of nitrogens with one attached hydrogen (secondary N) is 1. The summed E-state index contributed by atoms with van der Waals surface area (Å²) in [5.74, 6) is 5.18. The van der Waals surface area contributed by atoms with E-state index in [4.69, 9.17) is 5.84 Å². The van der Waals surface area contributed by atoms with Gasteiger partial charge in [-0.05, 0) is 20.3 Å². The summed E-state index contributed by atoms with van der Waals surface area (Å²) in [5.41, 5.74) is 1.22. The van der Waals surface area contributed by atoms with Crippen LogP contribution in [0, 0.1) is 10.1 Å². The van der Waals surface area contributed by atoms with Gasteiger partial charge in [-0.1, -0.05) is 18.3 Å². The van der Waals surface area contributed by atoms with Crippen molar-refractivity contribution < 1.29 is 13.3 Å². The van der Waals surface area contributed by atoms with Crippen molar-refractivity contribution in [1.82, 2.24) is 4.31 Å². The van der Waals surface area contributed by atoms with Crippen LogP contribution in [0.3, 0.4) is 0 Å². The molecule has 8 nitrogen and oxygen atoms in total. The van der Waals surface area contributed by atoms with Crippen LogP contribution in [-0.4, -0.2) is 30.2 Å². The summed E-state index contributed by atoms with van der Waals surface area (Å²) in [6.45, 7) is 5.44. The number of rotatable bonds is 6. The number of hydrazine groups is 1. The molecule has 1 rings (SSSR count). The third-order valence-electron chi connectivity index (χ3n) is 3.35. The minimum atomic E-state index is -3.80. The molecule has 1 heterocycles. The molecule has 0 atom stereocenters. The van der Waals surface area contributed by atoms with Crippen LogP contribution in [0.1, 0.15) is 27.2 Å². The minimum Gasteiger partial charge on any atom is -0.310 e. The Morgan fingerprint density at radius 1 is 1.55 bits per heavy atom. The van der Waals surface area contributed by atoms with Crippen molar-refractivity contribution in [3.8, 4) is 0 Å². The molecule has 0 amide bonds. The molecule has 10 heteroatoms. The van der Waals surface area contributed by atoms with Gasteiger partial charge in [0.25, 0.3) is 10.0 Å². The summed E-state index contributed by atoms with van der Waals surface area (Å²) >= 11 is 0.742. The van der Waals surface area contributed by atoms with Crippen LogP contribution in [0.2, 0.25) is 0 Å². The molecule has 0 saturated carbocycles. The molecule has 0 spiro atoms. The van der Waals surface area contributed by atoms with Gasteiger partial charge in [-0.25, -0.2) is 14.3 Å². The monoisotopic (exact) mass is 322 g/mol. The van der Waals surface area contributed by atoms with E-state index >= 15 is 0 Å². The number of nitrogens with two attached hydrogens (primary N) is 1. The molecule has 0 radical (unpaired) electrons. The van der Waals surface area contributed by atoms with Crippen LogP contribution in [0.4, 0.5) is 10.7 Å². The number of nitrogen functional groups attached to an aromatic ring is 1. The van der Waals surface area contributed by atoms with Crippen LogP contribution in [0.25, 0.3) is 0 Å². The van der Waals surface area contributed by atoms with E-state index in [2.05, 4.69) is 5.43 Å². The molecule has 0 fully saturated rings. The molecular formula is C10H18N4O4S2. The Hall–Kier alpha value is -1.23. The van der Waals surface area contributed by atoms with Gasteiger partial charge in [0.2, 0.25) is 0 Å². The number of hydrogen-bond acceptors (Lipinski definition) is 7. The van der Waals surface area contributed by atoms with Crippen molar-refractivity contribution in [3.63, 3.8) is 0 Å². The second-order valence-corrected chi connectivity index (χ2v) is 8.07. The van der Waals surface area contributed by atoms with E-state index in [9.17, 15) is 18.5 Å². The van der Waals surface area contributed by atoms with E-state index < -0.39 is 20.5 Å². The quantitative estimate of drug-likeness (QED) is 0.468. The van der Waals surface area contributed by atoms with E-state index in [1.54, 1.807) is 13.8 Å². The Kier molecular flexibility index (Phi) is 4.74. The zero-order valence-corrected chi connectivity index (χ0v) is 13.3. The zero-order chi connectivity index (χ0) is 15.7. The fourth-order valence-corrected chi connectivity index (χ4v) is 4.39. The summed E-state index contributed by atoms with van der Waals surface area (Å²) in [5, 5.41) is 10.9. The normalized spacial score (nSPS) is 12.7. The van der Waals surface area contributed by atoms with Gasteiger partial charge in [0.1, 0.15) is 4.21 Å². The molecule has 1 aromatic heterocycles. The van der Waals surface area contributed by atoms with Gasteiger partial charge < -0.3 is 5.43 Å². The molecule has 114 valence electrons. The van der Waals surface area contributed by atoms with Gasteiger partial charge in [0, 0.05) is 18.7 Å². The largest absolute Gasteiger partial charge is 0.310 e. The molecule has 20 heavy (non-hydrogen) atoms. The van der Waals surface area contributed by atoms with E-state index in [-0.39, 0.29) is 14.9 Å². The van der Waals surface area contributed by atoms with E-state index in [1.807, 2.05) is 6.92 Å². The lowest BCUT2D eigenvalue weighted by Crippen LogP contribution is -2.44. The topological polar surface area (TPSA) is 119 Å². The van der Waals surface area contributed by atoms with Crippen molar-refractivity contribution in [1.29, 1.82) is 0 Å². The predicted molar refractivity (Wildman–Crippen MR) is 78.1 cm³/mol. The third kappa shape index (κ3) is 2.92. The van der Waals surface area contributed by atoms with Crippen molar-refractivity contribution in [2.24, 2.45) is 5.84 Å². The Morgan fingerprint density at radius 3 is 2.45 bits per heavy atom. The van der Waals surface area contributed by atoms with Gasteiger partial charge in [0.15, 0.2) is 5.00 Å². The second kappa shape index (κ2) is 5.64. The molecule has 0 aliphatic rings. The van der Waals surface area contributed by atoms with Crippen molar-refractivity contribution in [2.75, 3.05) is 12.5 Å². The van der Waals surface area contributed by atoms with Crippen LogP contribution in [0.15, 0.2) is 10.3 Å². The summed E-state index contributed by atoms with van der Waals surface area (Å²) in [4.78, 5) is 10.2. The zero-order valence-electron chi connectivity index (χ0n) is 11.7. The summed E-state index contributed by atoms with van der Waals surface area (Å²) in [6.07, 6.45) is 0.609.